The Labute approximate surface area is 143 Å². The summed E-state index contributed by atoms with van der Waals surface area (Å²) in [4.78, 5) is 12.5. The summed E-state index contributed by atoms with van der Waals surface area (Å²) < 4.78 is 42.4. The van der Waals surface area contributed by atoms with Crippen LogP contribution in [0.2, 0.25) is 0 Å². The molecular formula is C16H21F3N4O2. The second-order valence-corrected chi connectivity index (χ2v) is 6.72. The molecule has 9 heteroatoms. The van der Waals surface area contributed by atoms with Gasteiger partial charge in [0.1, 0.15) is 0 Å². The SMILES string of the molecule is Cc1cc(C)n(CCC(=O)N2N=C3CCCC[C@H]3[C@]2(O)C(F)(F)F)n1. The third-order valence-corrected chi connectivity index (χ3v) is 4.91. The van der Waals surface area contributed by atoms with Crippen LogP contribution in [0.5, 0.6) is 0 Å². The highest BCUT2D eigenvalue weighted by Crippen LogP contribution is 2.48. The van der Waals surface area contributed by atoms with Crippen LogP contribution in [0.25, 0.3) is 0 Å². The lowest BCUT2D eigenvalue weighted by atomic mass is 9.80. The zero-order valence-corrected chi connectivity index (χ0v) is 14.2. The Balaban J connectivity index is 1.82. The highest BCUT2D eigenvalue weighted by Gasteiger charge is 2.68. The highest BCUT2D eigenvalue weighted by molar-refractivity contribution is 5.93. The minimum atomic E-state index is -4.96. The van der Waals surface area contributed by atoms with Crippen molar-refractivity contribution in [3.63, 3.8) is 0 Å². The number of hydrogen-bond donors (Lipinski definition) is 1. The number of hydrazone groups is 1. The van der Waals surface area contributed by atoms with Gasteiger partial charge in [0.05, 0.1) is 18.2 Å². The first-order chi connectivity index (χ1) is 11.6. The summed E-state index contributed by atoms with van der Waals surface area (Å²) >= 11 is 0. The van der Waals surface area contributed by atoms with E-state index in [-0.39, 0.29) is 30.1 Å². The molecule has 6 nitrogen and oxygen atoms in total. The normalized spacial score (nSPS) is 26.6. The monoisotopic (exact) mass is 358 g/mol. The van der Waals surface area contributed by atoms with Crippen LogP contribution >= 0.6 is 0 Å². The molecule has 3 rings (SSSR count). The van der Waals surface area contributed by atoms with Gasteiger partial charge >= 0.3 is 6.18 Å². The fourth-order valence-electron chi connectivity index (χ4n) is 3.67. The average molecular weight is 358 g/mol. The third kappa shape index (κ3) is 2.94. The van der Waals surface area contributed by atoms with Crippen LogP contribution < -0.4 is 0 Å². The molecule has 1 fully saturated rings. The van der Waals surface area contributed by atoms with Crippen molar-refractivity contribution < 1.29 is 23.1 Å². The fraction of sp³-hybridized carbons (Fsp3) is 0.688. The van der Waals surface area contributed by atoms with Gasteiger partial charge in [-0.1, -0.05) is 6.42 Å². The molecule has 1 saturated carbocycles. The van der Waals surface area contributed by atoms with Crippen molar-refractivity contribution in [2.45, 2.75) is 64.4 Å². The second-order valence-electron chi connectivity index (χ2n) is 6.72. The maximum Gasteiger partial charge on any atom is 0.439 e. The van der Waals surface area contributed by atoms with E-state index in [1.165, 1.54) is 0 Å². The van der Waals surface area contributed by atoms with Crippen molar-refractivity contribution in [3.8, 4) is 0 Å². The van der Waals surface area contributed by atoms with Crippen LogP contribution in [-0.4, -0.2) is 43.4 Å². The molecule has 2 atom stereocenters. The van der Waals surface area contributed by atoms with Crippen LogP contribution in [0.3, 0.4) is 0 Å². The number of rotatable bonds is 3. The van der Waals surface area contributed by atoms with Crippen LogP contribution in [0.15, 0.2) is 11.2 Å². The molecule has 0 bridgehead atoms. The number of hydrogen-bond acceptors (Lipinski definition) is 4. The maximum atomic E-state index is 13.6. The molecule has 1 aliphatic carbocycles. The highest BCUT2D eigenvalue weighted by atomic mass is 19.4. The number of fused-ring (bicyclic) bond motifs is 1. The first kappa shape index (κ1) is 17.9. The first-order valence-electron chi connectivity index (χ1n) is 8.35. The molecule has 138 valence electrons. The number of aromatic nitrogens is 2. The van der Waals surface area contributed by atoms with E-state index in [1.807, 2.05) is 6.07 Å². The molecule has 0 spiro atoms. The number of carbonyl (C=O) groups excluding carboxylic acids is 1. The van der Waals surface area contributed by atoms with Gasteiger partial charge in [-0.2, -0.15) is 28.4 Å². The Hall–Kier alpha value is -1.90. The Morgan fingerprint density at radius 2 is 2.12 bits per heavy atom. The lowest BCUT2D eigenvalue weighted by molar-refractivity contribution is -0.317. The van der Waals surface area contributed by atoms with Gasteiger partial charge < -0.3 is 5.11 Å². The summed E-state index contributed by atoms with van der Waals surface area (Å²) in [5.41, 5.74) is -1.39. The third-order valence-electron chi connectivity index (χ3n) is 4.91. The Kier molecular flexibility index (Phi) is 4.38. The standard InChI is InChI=1S/C16H21F3N4O2/c1-10-9-11(2)22(20-10)8-7-14(24)23-15(25,16(17,18)19)12-5-3-4-6-13(12)21-23/h9,12,25H,3-8H2,1-2H3/t12-,15+/m1/s1. The van der Waals surface area contributed by atoms with Crippen molar-refractivity contribution in [2.24, 2.45) is 11.0 Å². The van der Waals surface area contributed by atoms with Gasteiger partial charge in [0.25, 0.3) is 5.72 Å². The number of amides is 1. The first-order valence-corrected chi connectivity index (χ1v) is 8.35. The summed E-state index contributed by atoms with van der Waals surface area (Å²) in [5, 5.41) is 18.8. The molecule has 1 aromatic heterocycles. The molecule has 25 heavy (non-hydrogen) atoms. The molecule has 2 heterocycles. The van der Waals surface area contributed by atoms with Crippen LogP contribution in [0, 0.1) is 19.8 Å². The van der Waals surface area contributed by atoms with Crippen molar-refractivity contribution in [3.05, 3.63) is 17.5 Å². The topological polar surface area (TPSA) is 70.7 Å². The minimum Gasteiger partial charge on any atom is -0.362 e. The predicted molar refractivity (Wildman–Crippen MR) is 83.6 cm³/mol. The number of aryl methyl sites for hydroxylation is 3. The van der Waals surface area contributed by atoms with E-state index in [9.17, 15) is 23.1 Å². The number of halogens is 3. The molecule has 0 saturated heterocycles. The zero-order chi connectivity index (χ0) is 18.4. The molecule has 1 aromatic rings. The van der Waals surface area contributed by atoms with Crippen LogP contribution in [0.1, 0.15) is 43.5 Å². The molecular weight excluding hydrogens is 337 g/mol. The fourth-order valence-corrected chi connectivity index (χ4v) is 3.67. The van der Waals surface area contributed by atoms with Crippen molar-refractivity contribution in [1.82, 2.24) is 14.8 Å². The Morgan fingerprint density at radius 3 is 2.72 bits per heavy atom. The number of alkyl halides is 3. The van der Waals surface area contributed by atoms with Crippen molar-refractivity contribution in [2.75, 3.05) is 0 Å². The Morgan fingerprint density at radius 1 is 1.40 bits per heavy atom. The van der Waals surface area contributed by atoms with Gasteiger partial charge in [-0.15, -0.1) is 0 Å². The maximum absolute atomic E-state index is 13.6. The summed E-state index contributed by atoms with van der Waals surface area (Å²) in [6, 6.07) is 1.82. The molecule has 1 N–H and O–H groups in total. The second kappa shape index (κ2) is 6.12. The molecule has 1 aliphatic heterocycles. The van der Waals surface area contributed by atoms with Crippen molar-refractivity contribution in [1.29, 1.82) is 0 Å². The lowest BCUT2D eigenvalue weighted by Gasteiger charge is -2.38. The number of aliphatic hydroxyl groups is 1. The van der Waals surface area contributed by atoms with Gasteiger partial charge in [0.2, 0.25) is 5.91 Å². The van der Waals surface area contributed by atoms with Crippen LogP contribution in [0.4, 0.5) is 13.2 Å². The van der Waals surface area contributed by atoms with Gasteiger partial charge in [0.15, 0.2) is 0 Å². The van der Waals surface area contributed by atoms with E-state index in [0.29, 0.717) is 12.8 Å². The summed E-state index contributed by atoms with van der Waals surface area (Å²) in [6.07, 6.45) is -3.33. The Bertz CT molecular complexity index is 713. The molecule has 0 radical (unpaired) electrons. The van der Waals surface area contributed by atoms with Gasteiger partial charge in [-0.3, -0.25) is 9.48 Å². The van der Waals surface area contributed by atoms with Crippen LogP contribution in [-0.2, 0) is 11.3 Å². The predicted octanol–water partition coefficient (Wildman–Crippen LogP) is 2.53. The summed E-state index contributed by atoms with van der Waals surface area (Å²) in [6.45, 7) is 3.74. The van der Waals surface area contributed by atoms with E-state index in [1.54, 1.807) is 18.5 Å². The molecule has 0 aromatic carbocycles. The summed E-state index contributed by atoms with van der Waals surface area (Å²) in [7, 11) is 0. The molecule has 1 amide bonds. The molecule has 0 unspecified atom stereocenters. The van der Waals surface area contributed by atoms with E-state index in [2.05, 4.69) is 10.2 Å². The molecule has 2 aliphatic rings. The summed E-state index contributed by atoms with van der Waals surface area (Å²) in [5.74, 6) is -2.02. The van der Waals surface area contributed by atoms with E-state index < -0.39 is 23.7 Å². The van der Waals surface area contributed by atoms with Crippen molar-refractivity contribution >= 4 is 11.6 Å². The number of nitrogens with zero attached hydrogens (tertiary/aromatic N) is 4. The zero-order valence-electron chi connectivity index (χ0n) is 14.2. The average Bonchev–Trinajstić information content (AvgIpc) is 3.02. The lowest BCUT2D eigenvalue weighted by Crippen LogP contribution is -2.61. The van der Waals surface area contributed by atoms with Gasteiger partial charge in [-0.25, -0.2) is 0 Å². The van der Waals surface area contributed by atoms with E-state index >= 15 is 0 Å². The quantitative estimate of drug-likeness (QED) is 0.903. The van der Waals surface area contributed by atoms with E-state index in [4.69, 9.17) is 0 Å². The van der Waals surface area contributed by atoms with E-state index in [0.717, 1.165) is 17.8 Å². The minimum absolute atomic E-state index is 0.137. The van der Waals surface area contributed by atoms with Gasteiger partial charge in [-0.05, 0) is 39.2 Å². The number of carbonyl (C=O) groups is 1. The largest absolute Gasteiger partial charge is 0.439 e. The van der Waals surface area contributed by atoms with Gasteiger partial charge in [0, 0.05) is 17.8 Å². The smallest absolute Gasteiger partial charge is 0.362 e.